The summed E-state index contributed by atoms with van der Waals surface area (Å²) in [6, 6.07) is 0. The predicted molar refractivity (Wildman–Crippen MR) is 253 cm³/mol. The van der Waals surface area contributed by atoms with Crippen molar-refractivity contribution in [2.24, 2.45) is 100 Å². The molecule has 10 heteroatoms. The summed E-state index contributed by atoms with van der Waals surface area (Å²) >= 11 is 0. The van der Waals surface area contributed by atoms with Crippen LogP contribution in [0.4, 0.5) is 0 Å². The van der Waals surface area contributed by atoms with Gasteiger partial charge < -0.3 is 18.9 Å². The minimum absolute atomic E-state index is 0. The van der Waals surface area contributed by atoms with Crippen molar-refractivity contribution in [3.63, 3.8) is 0 Å². The Morgan fingerprint density at radius 2 is 1.22 bits per heavy atom. The van der Waals surface area contributed by atoms with Crippen LogP contribution in [0.5, 0.6) is 0 Å². The monoisotopic (exact) mass is 903 g/mol. The molecular weight excluding hydrogens is 809 g/mol. The lowest BCUT2D eigenvalue weighted by Crippen LogP contribution is -2.60. The Labute approximate surface area is 389 Å². The van der Waals surface area contributed by atoms with E-state index in [1.807, 2.05) is 0 Å². The van der Waals surface area contributed by atoms with Crippen LogP contribution in [0, 0.1) is 100 Å². The van der Waals surface area contributed by atoms with E-state index in [0.29, 0.717) is 56.0 Å². The second-order valence-corrected chi connectivity index (χ2v) is 21.4. The minimum atomic E-state index is -1.08. The largest absolute Gasteiger partial charge is 0.465 e. The van der Waals surface area contributed by atoms with Crippen LogP contribution in [-0.2, 0) is 47.7 Å². The summed E-state index contributed by atoms with van der Waals surface area (Å²) in [4.78, 5) is 82.6. The molecule has 0 aromatic rings. The average Bonchev–Trinajstić information content (AvgIpc) is 3.87. The van der Waals surface area contributed by atoms with Gasteiger partial charge in [0.2, 0.25) is 0 Å². The Hall–Kier alpha value is -2.78. The summed E-state index contributed by atoms with van der Waals surface area (Å²) in [5, 5.41) is 0. The Kier molecular flexibility index (Phi) is 18.1. The van der Waals surface area contributed by atoms with Gasteiger partial charge in [0, 0.05) is 23.2 Å². The Morgan fingerprint density at radius 3 is 1.73 bits per heavy atom. The summed E-state index contributed by atoms with van der Waals surface area (Å²) < 4.78 is 24.4. The lowest BCUT2D eigenvalue weighted by atomic mass is 9.44. The highest BCUT2D eigenvalue weighted by molar-refractivity contribution is 5.98. The number of rotatable bonds is 12. The molecule has 2 heterocycles. The smallest absolute Gasteiger partial charge is 0.318 e. The Morgan fingerprint density at radius 1 is 0.672 bits per heavy atom. The van der Waals surface area contributed by atoms with Crippen molar-refractivity contribution >= 4 is 35.6 Å². The lowest BCUT2D eigenvalue weighted by Gasteiger charge is -2.63. The molecule has 2 saturated heterocycles. The zero-order chi connectivity index (χ0) is 39.1. The average molecular weight is 903 g/mol. The van der Waals surface area contributed by atoms with E-state index in [2.05, 4.69) is 20.8 Å². The number of ketones is 1. The summed E-state index contributed by atoms with van der Waals surface area (Å²) in [6.07, 6.45) is 13.4. The van der Waals surface area contributed by atoms with Crippen molar-refractivity contribution in [3.05, 3.63) is 0 Å². The number of fused-ring (bicyclic) bond motifs is 5. The first-order valence-corrected chi connectivity index (χ1v) is 22.7. The first-order chi connectivity index (χ1) is 26.7. The van der Waals surface area contributed by atoms with E-state index < -0.39 is 52.8 Å². The second kappa shape index (κ2) is 20.2. The van der Waals surface area contributed by atoms with Gasteiger partial charge in [-0.3, -0.25) is 28.8 Å². The van der Waals surface area contributed by atoms with Crippen LogP contribution in [0.15, 0.2) is 0 Å². The molecule has 12 atom stereocenters. The van der Waals surface area contributed by atoms with E-state index >= 15 is 4.79 Å². The van der Waals surface area contributed by atoms with Crippen LogP contribution >= 0.6 is 0 Å². The number of cyclic esters (lactones) is 3. The Balaban J connectivity index is 0.00000176. The van der Waals surface area contributed by atoms with Gasteiger partial charge in [-0.2, -0.15) is 0 Å². The standard InChI is InChI=1S/C46H62O10.8CH4/c1-5-46(6-2,44-15-24-7-25(16-44)9-26(8-24)17-44)56-40(49)28(12-31-22(3)32-14-33(31)35-21-53-42(51)37(32)35)13-34(36-23(4)39(48)54-43(36)52)41(50)55-45-18-27-10-29(19-45)38(47)30(11-27)20-45;;;;;;;;/h22-37H,5-21H2,1-4H3;8*1H4. The molecular formula is C54H94O10. The molecule has 370 valence electrons. The molecule has 0 aromatic carbocycles. The van der Waals surface area contributed by atoms with Crippen LogP contribution in [0.1, 0.15) is 190 Å². The van der Waals surface area contributed by atoms with Crippen molar-refractivity contribution in [3.8, 4) is 0 Å². The molecule has 12 aliphatic rings. The van der Waals surface area contributed by atoms with Gasteiger partial charge in [0.25, 0.3) is 0 Å². The van der Waals surface area contributed by atoms with Gasteiger partial charge in [0.1, 0.15) is 17.0 Å². The van der Waals surface area contributed by atoms with Gasteiger partial charge in [0.15, 0.2) is 0 Å². The molecule has 10 nitrogen and oxygen atoms in total. The van der Waals surface area contributed by atoms with Crippen LogP contribution < -0.4 is 0 Å². The molecule has 0 radical (unpaired) electrons. The molecule has 0 aromatic heterocycles. The molecule has 12 rings (SSSR count). The SMILES string of the molecule is C.C.C.C.C.C.C.C.CCC(CC)(OC(=O)C(CC(C(=O)OC12CC3CC(C1)C(=O)C(C3)C2)C1C(=O)OC(=O)C1C)CC1C(C)C2CC1C1COC(=O)C21)C12CC3CC(CC(C3)C1)C2. The van der Waals surface area contributed by atoms with Crippen molar-refractivity contribution in [1.29, 1.82) is 0 Å². The first-order valence-electron chi connectivity index (χ1n) is 22.7. The molecule has 12 fully saturated rings. The zero-order valence-electron chi connectivity index (χ0n) is 33.8. The maximum Gasteiger partial charge on any atom is 0.318 e. The number of carbonyl (C=O) groups is 6. The highest BCUT2D eigenvalue weighted by Gasteiger charge is 2.65. The molecule has 64 heavy (non-hydrogen) atoms. The van der Waals surface area contributed by atoms with E-state index in [1.165, 1.54) is 19.3 Å². The van der Waals surface area contributed by atoms with E-state index in [4.69, 9.17) is 18.9 Å². The highest BCUT2D eigenvalue weighted by atomic mass is 16.6. The van der Waals surface area contributed by atoms with Crippen molar-refractivity contribution in [2.75, 3.05) is 6.61 Å². The molecule has 10 bridgehead atoms. The summed E-state index contributed by atoms with van der Waals surface area (Å²) in [7, 11) is 0. The highest BCUT2D eigenvalue weighted by Crippen LogP contribution is 2.67. The van der Waals surface area contributed by atoms with Crippen molar-refractivity contribution in [1.82, 2.24) is 0 Å². The quantitative estimate of drug-likeness (QED) is 0.106. The van der Waals surface area contributed by atoms with Crippen LogP contribution in [0.2, 0.25) is 0 Å². The van der Waals surface area contributed by atoms with E-state index in [-0.39, 0.29) is 136 Å². The van der Waals surface area contributed by atoms with Crippen LogP contribution in [0.25, 0.3) is 0 Å². The maximum absolute atomic E-state index is 15.3. The number of carbonyl (C=O) groups excluding carboxylic acids is 6. The van der Waals surface area contributed by atoms with E-state index in [9.17, 15) is 24.0 Å². The fourth-order valence-corrected chi connectivity index (χ4v) is 16.9. The second-order valence-electron chi connectivity index (χ2n) is 21.4. The molecule has 10 aliphatic carbocycles. The number of hydrogen-bond acceptors (Lipinski definition) is 10. The maximum atomic E-state index is 15.3. The molecule has 0 N–H and O–H groups in total. The number of hydrogen-bond donors (Lipinski definition) is 0. The molecule has 0 spiro atoms. The first kappa shape index (κ1) is 57.3. The fourth-order valence-electron chi connectivity index (χ4n) is 16.9. The third-order valence-corrected chi connectivity index (χ3v) is 18.9. The zero-order valence-corrected chi connectivity index (χ0v) is 33.8. The van der Waals surface area contributed by atoms with Gasteiger partial charge in [-0.25, -0.2) is 0 Å². The third kappa shape index (κ3) is 8.55. The van der Waals surface area contributed by atoms with Gasteiger partial charge in [-0.15, -0.1) is 0 Å². The summed E-state index contributed by atoms with van der Waals surface area (Å²) in [5.41, 5.74) is -1.47. The van der Waals surface area contributed by atoms with Crippen LogP contribution in [0.3, 0.4) is 0 Å². The third-order valence-electron chi connectivity index (χ3n) is 18.9. The van der Waals surface area contributed by atoms with E-state index in [1.54, 1.807) is 6.92 Å². The van der Waals surface area contributed by atoms with Gasteiger partial charge in [-0.05, 0) is 150 Å². The predicted octanol–water partition coefficient (Wildman–Crippen LogP) is 12.1. The number of Topliss-reactive ketones (excluding diaryl/α,β-unsaturated/α-hetero) is 1. The van der Waals surface area contributed by atoms with E-state index in [0.717, 1.165) is 51.4 Å². The van der Waals surface area contributed by atoms with Crippen LogP contribution in [-0.4, -0.2) is 53.4 Å². The topological polar surface area (TPSA) is 139 Å². The van der Waals surface area contributed by atoms with Gasteiger partial charge in [0.05, 0.1) is 36.2 Å². The van der Waals surface area contributed by atoms with Gasteiger partial charge >= 0.3 is 29.8 Å². The summed E-state index contributed by atoms with van der Waals surface area (Å²) in [5.74, 6) is -2.92. The Bertz CT molecular complexity index is 1660. The van der Waals surface area contributed by atoms with Crippen molar-refractivity contribution in [2.45, 2.75) is 201 Å². The molecule has 0 amide bonds. The summed E-state index contributed by atoms with van der Waals surface area (Å²) in [6.45, 7) is 8.58. The minimum Gasteiger partial charge on any atom is -0.465 e. The van der Waals surface area contributed by atoms with Crippen molar-refractivity contribution < 1.29 is 47.7 Å². The molecule has 10 saturated carbocycles. The molecule has 2 aliphatic heterocycles. The lowest BCUT2D eigenvalue weighted by molar-refractivity contribution is -0.217. The fraction of sp³-hybridized carbons (Fsp3) is 0.889. The normalized spacial score (nSPS) is 41.6. The van der Waals surface area contributed by atoms with Gasteiger partial charge in [-0.1, -0.05) is 87.1 Å². The number of ether oxygens (including phenoxy) is 4. The number of esters is 5. The molecule has 12 unspecified atom stereocenters.